The quantitative estimate of drug-likeness (QED) is 0.0586. The molecule has 0 aromatic carbocycles. The summed E-state index contributed by atoms with van der Waals surface area (Å²) in [7, 11) is -0.250. The number of hydrogen-bond donors (Lipinski definition) is 6. The molecule has 2 atom stereocenters. The molecule has 2 aromatic heterocycles. The normalized spacial score (nSPS) is 17.2. The van der Waals surface area contributed by atoms with Gasteiger partial charge in [0.05, 0.1) is 0 Å². The number of hydrogen-bond acceptors (Lipinski definition) is 10. The van der Waals surface area contributed by atoms with Crippen molar-refractivity contribution in [3.63, 3.8) is 0 Å². The van der Waals surface area contributed by atoms with Gasteiger partial charge in [-0.15, -0.1) is 0 Å². The van der Waals surface area contributed by atoms with E-state index in [1.807, 2.05) is 24.3 Å². The lowest BCUT2D eigenvalue weighted by Gasteiger charge is -2.31. The molecule has 2 aliphatic carbocycles. The van der Waals surface area contributed by atoms with Crippen molar-refractivity contribution in [2.24, 2.45) is 22.3 Å². The number of nitrogens with zero attached hydrogens (tertiary/aromatic N) is 2. The Labute approximate surface area is 301 Å². The Morgan fingerprint density at radius 2 is 1.10 bits per heavy atom. The molecule has 8 N–H and O–H groups in total. The van der Waals surface area contributed by atoms with E-state index in [9.17, 15) is 19.2 Å². The fourth-order valence-electron chi connectivity index (χ4n) is 6.92. The van der Waals surface area contributed by atoms with Crippen LogP contribution in [-0.2, 0) is 41.3 Å². The summed E-state index contributed by atoms with van der Waals surface area (Å²) in [6.07, 6.45) is 13.4. The highest BCUT2D eigenvalue weighted by Gasteiger charge is 2.49. The maximum Gasteiger partial charge on any atom is 0.441 e. The molecule has 51 heavy (non-hydrogen) atoms. The lowest BCUT2D eigenvalue weighted by Crippen LogP contribution is -2.54. The molecule has 2 saturated carbocycles. The van der Waals surface area contributed by atoms with Crippen molar-refractivity contribution in [3.05, 3.63) is 60.2 Å². The Morgan fingerprint density at radius 3 is 1.45 bits per heavy atom. The summed E-state index contributed by atoms with van der Waals surface area (Å²) in [6.45, 7) is 1.56. The number of nitrogens with two attached hydrogens (primary N) is 2. The van der Waals surface area contributed by atoms with Gasteiger partial charge in [0, 0.05) is 37.9 Å². The molecule has 0 radical (unpaired) electrons. The zero-order valence-electron chi connectivity index (χ0n) is 29.7. The fourth-order valence-corrected chi connectivity index (χ4v) is 6.92. The third-order valence-electron chi connectivity index (χ3n) is 9.96. The average Bonchev–Trinajstić information content (AvgIpc) is 3.86. The van der Waals surface area contributed by atoms with Gasteiger partial charge in [-0.25, -0.2) is 0 Å². The van der Waals surface area contributed by atoms with Crippen LogP contribution in [-0.4, -0.2) is 79.9 Å². The van der Waals surface area contributed by atoms with Crippen LogP contribution < -0.4 is 32.7 Å². The minimum Gasteiger partial charge on any atom is -0.393 e. The van der Waals surface area contributed by atoms with E-state index in [1.54, 1.807) is 24.8 Å². The van der Waals surface area contributed by atoms with E-state index in [2.05, 4.69) is 31.2 Å². The first-order chi connectivity index (χ1) is 24.8. The van der Waals surface area contributed by atoms with Gasteiger partial charge in [0.1, 0.15) is 23.3 Å². The predicted molar refractivity (Wildman–Crippen MR) is 193 cm³/mol. The molecule has 4 rings (SSSR count). The van der Waals surface area contributed by atoms with Crippen LogP contribution >= 0.6 is 0 Å². The number of rotatable bonds is 22. The van der Waals surface area contributed by atoms with Gasteiger partial charge in [0.25, 0.3) is 0 Å². The van der Waals surface area contributed by atoms with Gasteiger partial charge in [-0.2, -0.15) is 0 Å². The molecule has 0 bridgehead atoms. The summed E-state index contributed by atoms with van der Waals surface area (Å²) in [5.74, 6) is -1.35. The number of amides is 4. The molecule has 0 saturated heterocycles. The molecular formula is C36H55BN8O6. The molecule has 15 heteroatoms. The summed E-state index contributed by atoms with van der Waals surface area (Å²) in [5.41, 5.74) is 11.2. The molecule has 2 fully saturated rings. The number of pyridine rings is 2. The monoisotopic (exact) mass is 706 g/mol. The van der Waals surface area contributed by atoms with Gasteiger partial charge < -0.3 is 42.0 Å². The van der Waals surface area contributed by atoms with Crippen molar-refractivity contribution in [1.29, 1.82) is 0 Å². The first-order valence-electron chi connectivity index (χ1n) is 18.4. The Bertz CT molecular complexity index is 1270. The predicted octanol–water partition coefficient (Wildman–Crippen LogP) is 1.28. The van der Waals surface area contributed by atoms with Gasteiger partial charge in [-0.1, -0.05) is 37.8 Å². The van der Waals surface area contributed by atoms with Gasteiger partial charge in [-0.05, 0) is 101 Å². The third-order valence-corrected chi connectivity index (χ3v) is 9.96. The number of carbonyl (C=O) groups is 4. The van der Waals surface area contributed by atoms with Crippen LogP contribution in [0.15, 0.2) is 49.1 Å². The fraction of sp³-hybridized carbons (Fsp3) is 0.611. The summed E-state index contributed by atoms with van der Waals surface area (Å²) in [4.78, 5) is 62.6. The first kappa shape index (κ1) is 39.9. The van der Waals surface area contributed by atoms with Crippen molar-refractivity contribution >= 4 is 31.3 Å². The molecule has 2 unspecified atom stereocenters. The van der Waals surface area contributed by atoms with E-state index in [1.165, 1.54) is 0 Å². The first-order valence-corrected chi connectivity index (χ1v) is 18.4. The second-order valence-corrected chi connectivity index (χ2v) is 13.5. The summed E-state index contributed by atoms with van der Waals surface area (Å²) < 4.78 is 12.0. The third kappa shape index (κ3) is 11.5. The zero-order valence-corrected chi connectivity index (χ0v) is 29.7. The molecular weight excluding hydrogens is 651 g/mol. The summed E-state index contributed by atoms with van der Waals surface area (Å²) >= 11 is 0. The van der Waals surface area contributed by atoms with Gasteiger partial charge in [0.15, 0.2) is 0 Å². The lowest BCUT2D eigenvalue weighted by atomic mass is 9.83. The second kappa shape index (κ2) is 20.8. The highest BCUT2D eigenvalue weighted by Crippen LogP contribution is 2.40. The Hall–Kier alpha value is -3.92. The van der Waals surface area contributed by atoms with Crippen LogP contribution in [0.4, 0.5) is 0 Å². The average molecular weight is 707 g/mol. The largest absolute Gasteiger partial charge is 0.441 e. The van der Waals surface area contributed by atoms with Crippen molar-refractivity contribution in [3.8, 4) is 0 Å². The van der Waals surface area contributed by atoms with Gasteiger partial charge in [0.2, 0.25) is 23.6 Å². The molecule has 2 aromatic rings. The molecule has 278 valence electrons. The highest BCUT2D eigenvalue weighted by atomic mass is 16.6. The van der Waals surface area contributed by atoms with Gasteiger partial charge >= 0.3 is 7.69 Å². The van der Waals surface area contributed by atoms with E-state index in [4.69, 9.17) is 20.8 Å². The summed E-state index contributed by atoms with van der Waals surface area (Å²) in [5, 5.41) is 11.8. The Balaban J connectivity index is 1.32. The molecule has 0 aliphatic heterocycles. The van der Waals surface area contributed by atoms with Crippen molar-refractivity contribution in [1.82, 2.24) is 31.2 Å². The maximum absolute atomic E-state index is 13.8. The van der Waals surface area contributed by atoms with Crippen molar-refractivity contribution in [2.45, 2.75) is 102 Å². The number of carbonyl (C=O) groups excluding carboxylic acids is 4. The highest BCUT2D eigenvalue weighted by molar-refractivity contribution is 6.18. The molecule has 4 amide bonds. The van der Waals surface area contributed by atoms with Crippen LogP contribution in [0.3, 0.4) is 0 Å². The van der Waals surface area contributed by atoms with Crippen LogP contribution in [0.1, 0.15) is 88.2 Å². The minimum atomic E-state index is -1.19. The van der Waals surface area contributed by atoms with E-state index < -0.39 is 23.3 Å². The summed E-state index contributed by atoms with van der Waals surface area (Å²) in [6, 6.07) is 7.59. The molecule has 2 aliphatic rings. The number of nitrogens with one attached hydrogen (secondary N) is 4. The second-order valence-electron chi connectivity index (χ2n) is 13.5. The standard InChI is InChI=1S/C36H55BN8O6/c38-19-5-11-29(44-33(48)35(15-1-2-16-35)31(46)42-23-13-27-9-7-21-40-25-27)50-37-51-30(12-6-20-39)45-34(49)36(17-3-4-18-36)32(47)43-24-14-28-10-8-22-41-26-28/h7-10,21-22,25-26,29-30,37H,1-6,11-20,23-24,38-39H2,(H,42,46)(H,43,47)(H,44,48)(H,45,49). The van der Waals surface area contributed by atoms with Crippen molar-refractivity contribution < 1.29 is 28.5 Å². The molecule has 0 spiro atoms. The van der Waals surface area contributed by atoms with E-state index >= 15 is 0 Å². The van der Waals surface area contributed by atoms with E-state index in [-0.39, 0.29) is 31.3 Å². The molecule has 2 heterocycles. The maximum atomic E-state index is 13.8. The van der Waals surface area contributed by atoms with Gasteiger partial charge in [-0.3, -0.25) is 29.1 Å². The minimum absolute atomic E-state index is 0.250. The Kier molecular flexibility index (Phi) is 16.3. The van der Waals surface area contributed by atoms with Crippen LogP contribution in [0.25, 0.3) is 0 Å². The van der Waals surface area contributed by atoms with E-state index in [0.29, 0.717) is 90.4 Å². The smallest absolute Gasteiger partial charge is 0.393 e. The number of aromatic nitrogens is 2. The van der Waals surface area contributed by atoms with Crippen LogP contribution in [0, 0.1) is 10.8 Å². The topological polar surface area (TPSA) is 213 Å². The SMILES string of the molecule is NCCCC(NC(=O)C1(C(=O)NCCc2cccnc2)CCCC1)OBOC(CCCN)NC(=O)C1(C(=O)NCCc2cccnc2)CCCC1. The van der Waals surface area contributed by atoms with Crippen LogP contribution in [0.2, 0.25) is 0 Å². The van der Waals surface area contributed by atoms with Crippen molar-refractivity contribution in [2.75, 3.05) is 26.2 Å². The Morgan fingerprint density at radius 1 is 0.686 bits per heavy atom. The van der Waals surface area contributed by atoms with E-state index in [0.717, 1.165) is 36.8 Å². The van der Waals surface area contributed by atoms with Crippen LogP contribution in [0.5, 0.6) is 0 Å². The molecule has 14 nitrogen and oxygen atoms in total. The lowest BCUT2D eigenvalue weighted by molar-refractivity contribution is -0.146. The zero-order chi connectivity index (χ0) is 36.4.